The van der Waals surface area contributed by atoms with Crippen LogP contribution in [0.2, 0.25) is 0 Å². The number of nitrogens with one attached hydrogen (secondary N) is 1. The normalized spacial score (nSPS) is 26.6. The fourth-order valence-electron chi connectivity index (χ4n) is 1.42. The maximum Gasteiger partial charge on any atom is 0.151 e. The Morgan fingerprint density at radius 3 is 2.57 bits per heavy atom. The van der Waals surface area contributed by atoms with Gasteiger partial charge in [0.25, 0.3) is 0 Å². The molecule has 1 saturated heterocycles. The first-order valence-corrected chi connectivity index (χ1v) is 7.88. The number of thioether (sulfide) groups is 1. The number of rotatable bonds is 4. The Morgan fingerprint density at radius 1 is 1.50 bits per heavy atom. The molecule has 1 fully saturated rings. The molecule has 0 radical (unpaired) electrons. The van der Waals surface area contributed by atoms with Crippen LogP contribution in [0.25, 0.3) is 0 Å². The molecule has 0 amide bonds. The maximum absolute atomic E-state index is 11.2. The van der Waals surface area contributed by atoms with Crippen molar-refractivity contribution in [2.75, 3.05) is 24.3 Å². The van der Waals surface area contributed by atoms with Crippen molar-refractivity contribution in [2.24, 2.45) is 0 Å². The van der Waals surface area contributed by atoms with Gasteiger partial charge in [0.15, 0.2) is 9.84 Å². The topological polar surface area (TPSA) is 46.2 Å². The Bertz CT molecular complexity index is 285. The summed E-state index contributed by atoms with van der Waals surface area (Å²) in [6.45, 7) is 5.19. The molecule has 0 aliphatic carbocycles. The molecule has 1 heterocycles. The van der Waals surface area contributed by atoms with Crippen LogP contribution in [-0.4, -0.2) is 43.5 Å². The van der Waals surface area contributed by atoms with E-state index in [1.165, 1.54) is 0 Å². The van der Waals surface area contributed by atoms with Crippen LogP contribution in [0.1, 0.15) is 20.3 Å². The van der Waals surface area contributed by atoms with E-state index in [1.54, 1.807) is 11.8 Å². The standard InChI is InChI=1S/C9H19NO2S2/c1-9(2,13-3)7-10-8-4-5-14(11,12)6-8/h8,10H,4-7H2,1-3H3. The fraction of sp³-hybridized carbons (Fsp3) is 1.00. The second kappa shape index (κ2) is 4.41. The quantitative estimate of drug-likeness (QED) is 0.789. The highest BCUT2D eigenvalue weighted by Gasteiger charge is 2.28. The molecule has 1 rings (SSSR count). The van der Waals surface area contributed by atoms with Crippen molar-refractivity contribution < 1.29 is 8.42 Å². The van der Waals surface area contributed by atoms with Gasteiger partial charge in [-0.3, -0.25) is 0 Å². The largest absolute Gasteiger partial charge is 0.312 e. The summed E-state index contributed by atoms with van der Waals surface area (Å²) in [5.74, 6) is 0.668. The van der Waals surface area contributed by atoms with Gasteiger partial charge in [-0.15, -0.1) is 0 Å². The molecule has 0 aromatic carbocycles. The molecule has 1 atom stereocenters. The van der Waals surface area contributed by atoms with E-state index in [0.29, 0.717) is 11.5 Å². The molecular formula is C9H19NO2S2. The molecule has 3 nitrogen and oxygen atoms in total. The Labute approximate surface area is 91.0 Å². The summed E-state index contributed by atoms with van der Waals surface area (Å²) in [5.41, 5.74) is 0. The molecule has 1 aliphatic rings. The third kappa shape index (κ3) is 3.79. The SMILES string of the molecule is CSC(C)(C)CNC1CCS(=O)(=O)C1. The molecule has 0 bridgehead atoms. The van der Waals surface area contributed by atoms with Crippen LogP contribution < -0.4 is 5.32 Å². The summed E-state index contributed by atoms with van der Waals surface area (Å²) in [6.07, 6.45) is 2.85. The number of hydrogen-bond acceptors (Lipinski definition) is 4. The fourth-order valence-corrected chi connectivity index (χ4v) is 3.35. The van der Waals surface area contributed by atoms with Gasteiger partial charge in [0, 0.05) is 17.3 Å². The first kappa shape index (κ1) is 12.3. The number of hydrogen-bond donors (Lipinski definition) is 1. The summed E-state index contributed by atoms with van der Waals surface area (Å²) in [4.78, 5) is 0. The molecule has 0 aromatic heterocycles. The van der Waals surface area contributed by atoms with E-state index < -0.39 is 9.84 Å². The van der Waals surface area contributed by atoms with E-state index in [0.717, 1.165) is 13.0 Å². The van der Waals surface area contributed by atoms with Crippen LogP contribution in [0.5, 0.6) is 0 Å². The van der Waals surface area contributed by atoms with Crippen molar-refractivity contribution in [3.63, 3.8) is 0 Å². The van der Waals surface area contributed by atoms with E-state index in [2.05, 4.69) is 25.4 Å². The lowest BCUT2D eigenvalue weighted by atomic mass is 10.2. The van der Waals surface area contributed by atoms with Gasteiger partial charge in [-0.2, -0.15) is 11.8 Å². The van der Waals surface area contributed by atoms with E-state index in [1.807, 2.05) is 0 Å². The van der Waals surface area contributed by atoms with Crippen molar-refractivity contribution in [3.8, 4) is 0 Å². The molecular weight excluding hydrogens is 218 g/mol. The lowest BCUT2D eigenvalue weighted by molar-refractivity contribution is 0.512. The molecule has 1 unspecified atom stereocenters. The van der Waals surface area contributed by atoms with Crippen molar-refractivity contribution in [1.82, 2.24) is 5.32 Å². The third-order valence-electron chi connectivity index (χ3n) is 2.60. The first-order valence-electron chi connectivity index (χ1n) is 4.84. The van der Waals surface area contributed by atoms with Crippen LogP contribution in [0.3, 0.4) is 0 Å². The van der Waals surface area contributed by atoms with Crippen LogP contribution >= 0.6 is 11.8 Å². The Hall–Kier alpha value is 0.260. The van der Waals surface area contributed by atoms with Gasteiger partial charge in [0.1, 0.15) is 0 Å². The zero-order chi connectivity index (χ0) is 10.8. The summed E-state index contributed by atoms with van der Waals surface area (Å²) in [7, 11) is -2.74. The smallest absolute Gasteiger partial charge is 0.151 e. The van der Waals surface area contributed by atoms with Crippen molar-refractivity contribution in [2.45, 2.75) is 31.1 Å². The second-order valence-electron chi connectivity index (χ2n) is 4.44. The van der Waals surface area contributed by atoms with Crippen LogP contribution in [-0.2, 0) is 9.84 Å². The predicted molar refractivity (Wildman–Crippen MR) is 62.7 cm³/mol. The summed E-state index contributed by atoms with van der Waals surface area (Å²) in [6, 6.07) is 0.173. The zero-order valence-corrected chi connectivity index (χ0v) is 10.7. The summed E-state index contributed by atoms with van der Waals surface area (Å²) >= 11 is 1.80. The molecule has 1 N–H and O–H groups in total. The molecule has 1 aliphatic heterocycles. The van der Waals surface area contributed by atoms with Crippen LogP contribution in [0.15, 0.2) is 0 Å². The molecule has 0 aromatic rings. The van der Waals surface area contributed by atoms with Gasteiger partial charge in [-0.1, -0.05) is 0 Å². The number of sulfone groups is 1. The van der Waals surface area contributed by atoms with Gasteiger partial charge in [0.2, 0.25) is 0 Å². The lowest BCUT2D eigenvalue weighted by Crippen LogP contribution is -2.39. The van der Waals surface area contributed by atoms with Crippen molar-refractivity contribution in [3.05, 3.63) is 0 Å². The van der Waals surface area contributed by atoms with E-state index in [9.17, 15) is 8.42 Å². The third-order valence-corrected chi connectivity index (χ3v) is 5.62. The van der Waals surface area contributed by atoms with E-state index >= 15 is 0 Å². The average molecular weight is 237 g/mol. The predicted octanol–water partition coefficient (Wildman–Crippen LogP) is 0.905. The van der Waals surface area contributed by atoms with Crippen molar-refractivity contribution in [1.29, 1.82) is 0 Å². The Balaban J connectivity index is 2.34. The second-order valence-corrected chi connectivity index (χ2v) is 8.19. The highest BCUT2D eigenvalue weighted by atomic mass is 32.2. The van der Waals surface area contributed by atoms with Gasteiger partial charge in [-0.25, -0.2) is 8.42 Å². The van der Waals surface area contributed by atoms with Gasteiger partial charge >= 0.3 is 0 Å². The maximum atomic E-state index is 11.2. The minimum Gasteiger partial charge on any atom is -0.312 e. The minimum atomic E-state index is -2.74. The van der Waals surface area contributed by atoms with Gasteiger partial charge < -0.3 is 5.32 Å². The Kier molecular flexibility index (Phi) is 3.88. The minimum absolute atomic E-state index is 0.173. The molecule has 0 saturated carbocycles. The monoisotopic (exact) mass is 237 g/mol. The highest BCUT2D eigenvalue weighted by Crippen LogP contribution is 2.21. The Morgan fingerprint density at radius 2 is 2.14 bits per heavy atom. The van der Waals surface area contributed by atoms with Crippen molar-refractivity contribution >= 4 is 21.6 Å². The molecule has 84 valence electrons. The lowest BCUT2D eigenvalue weighted by Gasteiger charge is -2.24. The van der Waals surface area contributed by atoms with Gasteiger partial charge in [0.05, 0.1) is 11.5 Å². The molecule has 14 heavy (non-hydrogen) atoms. The van der Waals surface area contributed by atoms with Crippen LogP contribution in [0, 0.1) is 0 Å². The van der Waals surface area contributed by atoms with E-state index in [-0.39, 0.29) is 10.8 Å². The molecule has 0 spiro atoms. The summed E-state index contributed by atoms with van der Waals surface area (Å²) in [5, 5.41) is 3.33. The van der Waals surface area contributed by atoms with Crippen LogP contribution in [0.4, 0.5) is 0 Å². The summed E-state index contributed by atoms with van der Waals surface area (Å²) < 4.78 is 22.6. The highest BCUT2D eigenvalue weighted by molar-refractivity contribution is 7.99. The zero-order valence-electron chi connectivity index (χ0n) is 9.04. The van der Waals surface area contributed by atoms with E-state index in [4.69, 9.17) is 0 Å². The average Bonchev–Trinajstić information content (AvgIpc) is 2.43. The first-order chi connectivity index (χ1) is 6.35. The molecule has 5 heteroatoms. The van der Waals surface area contributed by atoms with Gasteiger partial charge in [-0.05, 0) is 26.5 Å².